The van der Waals surface area contributed by atoms with Crippen molar-refractivity contribution in [3.8, 4) is 11.4 Å². The molecule has 1 unspecified atom stereocenters. The van der Waals surface area contributed by atoms with Gasteiger partial charge in [-0.2, -0.15) is 4.68 Å². The average molecular weight is 376 g/mol. The molecule has 7 heteroatoms. The molecule has 26 heavy (non-hydrogen) atoms. The molecule has 0 aliphatic heterocycles. The van der Waals surface area contributed by atoms with Crippen molar-refractivity contribution in [2.45, 2.75) is 32.8 Å². The molecule has 0 spiro atoms. The van der Waals surface area contributed by atoms with E-state index in [1.807, 2.05) is 31.2 Å². The lowest BCUT2D eigenvalue weighted by atomic mass is 10.1. The Hall–Kier alpha value is -2.54. The monoisotopic (exact) mass is 376 g/mol. The van der Waals surface area contributed by atoms with E-state index in [9.17, 15) is 8.78 Å². The molecule has 0 saturated heterocycles. The van der Waals surface area contributed by atoms with Crippen molar-refractivity contribution in [1.29, 1.82) is 0 Å². The Kier molecular flexibility index (Phi) is 5.46. The van der Waals surface area contributed by atoms with Gasteiger partial charge in [0.25, 0.3) is 4.84 Å². The first-order valence-electron chi connectivity index (χ1n) is 8.27. The molecule has 0 fully saturated rings. The molecular formula is C19H18F2N2O2S. The van der Waals surface area contributed by atoms with Gasteiger partial charge in [0.15, 0.2) is 11.6 Å². The van der Waals surface area contributed by atoms with E-state index < -0.39 is 11.6 Å². The van der Waals surface area contributed by atoms with Crippen LogP contribution in [-0.2, 0) is 6.42 Å². The van der Waals surface area contributed by atoms with Gasteiger partial charge in [0, 0.05) is 0 Å². The lowest BCUT2D eigenvalue weighted by Crippen LogP contribution is -2.09. The van der Waals surface area contributed by atoms with Crippen LogP contribution >= 0.6 is 12.2 Å². The van der Waals surface area contributed by atoms with Crippen molar-refractivity contribution in [3.63, 3.8) is 0 Å². The molecule has 3 aromatic rings. The van der Waals surface area contributed by atoms with Gasteiger partial charge in [0.1, 0.15) is 11.4 Å². The minimum atomic E-state index is -0.757. The van der Waals surface area contributed by atoms with E-state index in [1.54, 1.807) is 0 Å². The summed E-state index contributed by atoms with van der Waals surface area (Å²) in [7, 11) is 0. The van der Waals surface area contributed by atoms with Crippen LogP contribution in [0.25, 0.3) is 5.69 Å². The standard InChI is InChI=1S/C19H18F2N2O2S/c1-3-12(2)24-14-9-7-13(8-10-14)11-17-22-23(19(26)25-17)18-15(20)5-4-6-16(18)21/h4-10,12H,3,11H2,1-2H3. The zero-order valence-corrected chi connectivity index (χ0v) is 15.2. The molecule has 1 heterocycles. The molecule has 0 bridgehead atoms. The van der Waals surface area contributed by atoms with E-state index in [0.29, 0.717) is 6.42 Å². The van der Waals surface area contributed by atoms with Gasteiger partial charge in [-0.15, -0.1) is 5.10 Å². The highest BCUT2D eigenvalue weighted by Crippen LogP contribution is 2.20. The summed E-state index contributed by atoms with van der Waals surface area (Å²) in [4.78, 5) is -0.110. The number of benzene rings is 2. The highest BCUT2D eigenvalue weighted by atomic mass is 32.1. The zero-order valence-electron chi connectivity index (χ0n) is 14.4. The highest BCUT2D eigenvalue weighted by molar-refractivity contribution is 7.71. The molecule has 1 atom stereocenters. The van der Waals surface area contributed by atoms with E-state index in [0.717, 1.165) is 34.5 Å². The summed E-state index contributed by atoms with van der Waals surface area (Å²) in [6.07, 6.45) is 1.41. The van der Waals surface area contributed by atoms with Crippen LogP contribution in [0.15, 0.2) is 46.9 Å². The number of hydrogen-bond acceptors (Lipinski definition) is 4. The summed E-state index contributed by atoms with van der Waals surface area (Å²) >= 11 is 5.05. The topological polar surface area (TPSA) is 40.2 Å². The van der Waals surface area contributed by atoms with Gasteiger partial charge in [0.2, 0.25) is 5.89 Å². The normalized spacial score (nSPS) is 12.2. The molecular weight excluding hydrogens is 358 g/mol. The lowest BCUT2D eigenvalue weighted by Gasteiger charge is -2.12. The van der Waals surface area contributed by atoms with Crippen LogP contribution < -0.4 is 4.74 Å². The first-order valence-corrected chi connectivity index (χ1v) is 8.67. The largest absolute Gasteiger partial charge is 0.491 e. The van der Waals surface area contributed by atoms with E-state index in [4.69, 9.17) is 21.4 Å². The number of nitrogens with zero attached hydrogens (tertiary/aromatic N) is 2. The maximum absolute atomic E-state index is 13.9. The maximum atomic E-state index is 13.9. The van der Waals surface area contributed by atoms with E-state index in [1.165, 1.54) is 6.07 Å². The molecule has 4 nitrogen and oxygen atoms in total. The molecule has 0 aliphatic rings. The van der Waals surface area contributed by atoms with Crippen LogP contribution in [0, 0.1) is 16.5 Å². The number of rotatable bonds is 6. The van der Waals surface area contributed by atoms with Crippen LogP contribution in [0.4, 0.5) is 8.78 Å². The second-order valence-corrected chi connectivity index (χ2v) is 6.25. The number of ether oxygens (including phenoxy) is 1. The Bertz CT molecular complexity index is 931. The predicted molar refractivity (Wildman–Crippen MR) is 96.2 cm³/mol. The minimum absolute atomic E-state index is 0.110. The fraction of sp³-hybridized carbons (Fsp3) is 0.263. The summed E-state index contributed by atoms with van der Waals surface area (Å²) in [6, 6.07) is 11.1. The Morgan fingerprint density at radius 3 is 2.42 bits per heavy atom. The summed E-state index contributed by atoms with van der Waals surface area (Å²) in [6.45, 7) is 4.06. The molecule has 1 aromatic heterocycles. The predicted octanol–water partition coefficient (Wildman–Crippen LogP) is 5.24. The van der Waals surface area contributed by atoms with E-state index in [-0.39, 0.29) is 22.5 Å². The number of para-hydroxylation sites is 1. The Morgan fingerprint density at radius 1 is 1.15 bits per heavy atom. The Labute approximate surface area is 155 Å². The molecule has 0 saturated carbocycles. The summed E-state index contributed by atoms with van der Waals surface area (Å²) in [5, 5.41) is 4.12. The van der Waals surface area contributed by atoms with E-state index >= 15 is 0 Å². The first-order chi connectivity index (χ1) is 12.5. The minimum Gasteiger partial charge on any atom is -0.491 e. The van der Waals surface area contributed by atoms with Crippen molar-refractivity contribution in [1.82, 2.24) is 9.78 Å². The fourth-order valence-corrected chi connectivity index (χ4v) is 2.63. The average Bonchev–Trinajstić information content (AvgIpc) is 2.96. The second-order valence-electron chi connectivity index (χ2n) is 5.90. The summed E-state index contributed by atoms with van der Waals surface area (Å²) in [5.41, 5.74) is 0.573. The summed E-state index contributed by atoms with van der Waals surface area (Å²) in [5.74, 6) is -0.462. The van der Waals surface area contributed by atoms with Gasteiger partial charge >= 0.3 is 0 Å². The van der Waals surface area contributed by atoms with Crippen molar-refractivity contribution >= 4 is 12.2 Å². The molecule has 3 rings (SSSR count). The van der Waals surface area contributed by atoms with Gasteiger partial charge in [-0.25, -0.2) is 8.78 Å². The number of hydrogen-bond donors (Lipinski definition) is 0. The van der Waals surface area contributed by atoms with Crippen LogP contribution in [-0.4, -0.2) is 15.9 Å². The summed E-state index contributed by atoms with van der Waals surface area (Å²) < 4.78 is 40.0. The maximum Gasteiger partial charge on any atom is 0.292 e. The van der Waals surface area contributed by atoms with Crippen molar-refractivity contribution in [2.24, 2.45) is 0 Å². The lowest BCUT2D eigenvalue weighted by molar-refractivity contribution is 0.217. The molecule has 0 N–H and O–H groups in total. The molecule has 0 aliphatic carbocycles. The Balaban J connectivity index is 1.81. The molecule has 136 valence electrons. The SMILES string of the molecule is CCC(C)Oc1ccc(Cc2nn(-c3c(F)cccc3F)c(=S)o2)cc1. The smallest absolute Gasteiger partial charge is 0.292 e. The van der Waals surface area contributed by atoms with Gasteiger partial charge in [-0.1, -0.05) is 25.1 Å². The van der Waals surface area contributed by atoms with Crippen LogP contribution in [0.3, 0.4) is 0 Å². The zero-order chi connectivity index (χ0) is 18.7. The fourth-order valence-electron chi connectivity index (χ4n) is 2.40. The van der Waals surface area contributed by atoms with Crippen molar-refractivity contribution in [3.05, 3.63) is 70.4 Å². The van der Waals surface area contributed by atoms with Crippen molar-refractivity contribution in [2.75, 3.05) is 0 Å². The molecule has 0 radical (unpaired) electrons. The van der Waals surface area contributed by atoms with Gasteiger partial charge in [-0.05, 0) is 55.4 Å². The molecule has 2 aromatic carbocycles. The van der Waals surface area contributed by atoms with Crippen LogP contribution in [0.5, 0.6) is 5.75 Å². The van der Waals surface area contributed by atoms with Crippen molar-refractivity contribution < 1.29 is 17.9 Å². The third kappa shape index (κ3) is 3.99. The third-order valence-corrected chi connectivity index (χ3v) is 4.19. The van der Waals surface area contributed by atoms with Gasteiger partial charge in [-0.3, -0.25) is 0 Å². The first kappa shape index (κ1) is 18.3. The van der Waals surface area contributed by atoms with Gasteiger partial charge in [0.05, 0.1) is 12.5 Å². The quantitative estimate of drug-likeness (QED) is 0.552. The second kappa shape index (κ2) is 7.78. The highest BCUT2D eigenvalue weighted by Gasteiger charge is 2.16. The third-order valence-electron chi connectivity index (χ3n) is 3.93. The Morgan fingerprint density at radius 2 is 1.81 bits per heavy atom. The van der Waals surface area contributed by atoms with Crippen LogP contribution in [0.2, 0.25) is 0 Å². The van der Waals surface area contributed by atoms with Gasteiger partial charge < -0.3 is 9.15 Å². The van der Waals surface area contributed by atoms with Crippen LogP contribution in [0.1, 0.15) is 31.7 Å². The number of aromatic nitrogens is 2. The number of halogens is 2. The molecule has 0 amide bonds. The van der Waals surface area contributed by atoms with E-state index in [2.05, 4.69) is 12.0 Å².